The maximum atomic E-state index is 12.4. The molecule has 0 aliphatic rings. The molecule has 3 aromatic rings. The van der Waals surface area contributed by atoms with E-state index in [2.05, 4.69) is 28.9 Å². The number of amides is 1. The number of aromatic nitrogens is 2. The summed E-state index contributed by atoms with van der Waals surface area (Å²) < 4.78 is 2.23. The lowest BCUT2D eigenvalue weighted by Gasteiger charge is -2.19. The molecule has 2 atom stereocenters. The summed E-state index contributed by atoms with van der Waals surface area (Å²) in [6.07, 6.45) is 10.0. The van der Waals surface area contributed by atoms with Crippen LogP contribution in [0.25, 0.3) is 10.9 Å². The zero-order valence-electron chi connectivity index (χ0n) is 17.3. The lowest BCUT2D eigenvalue weighted by atomic mass is 9.63. The highest BCUT2D eigenvalue weighted by atomic mass is 16.3. The van der Waals surface area contributed by atoms with Crippen LogP contribution in [-0.4, -0.2) is 42.8 Å². The number of carbonyl (C=O) groups is 1. The Kier molecular flexibility index (Phi) is 7.39. The first kappa shape index (κ1) is 21.0. The second-order valence-electron chi connectivity index (χ2n) is 7.82. The van der Waals surface area contributed by atoms with Crippen molar-refractivity contribution in [3.05, 3.63) is 60.6 Å². The van der Waals surface area contributed by atoms with Gasteiger partial charge >= 0.3 is 0 Å². The Labute approximate surface area is 174 Å². The summed E-state index contributed by atoms with van der Waals surface area (Å²) in [6, 6.07) is 11.5. The second kappa shape index (κ2) is 10.2. The van der Waals surface area contributed by atoms with Gasteiger partial charge in [-0.25, -0.2) is 0 Å². The molecule has 5 nitrogen and oxygen atoms in total. The van der Waals surface area contributed by atoms with Gasteiger partial charge in [-0.05, 0) is 54.6 Å². The zero-order chi connectivity index (χ0) is 20.6. The van der Waals surface area contributed by atoms with E-state index >= 15 is 0 Å². The van der Waals surface area contributed by atoms with Crippen LogP contribution in [0.1, 0.15) is 37.1 Å². The molecule has 29 heavy (non-hydrogen) atoms. The minimum Gasteiger partial charge on any atom is -0.508 e. The topological polar surface area (TPSA) is 67.2 Å². The summed E-state index contributed by atoms with van der Waals surface area (Å²) in [7, 11) is 4.06. The number of phenolic OH excluding ortho intramolecular Hbond substituents is 1. The molecule has 1 aromatic carbocycles. The van der Waals surface area contributed by atoms with Crippen LogP contribution in [0.3, 0.4) is 0 Å². The van der Waals surface area contributed by atoms with E-state index in [9.17, 15) is 9.90 Å². The number of benzene rings is 1. The largest absolute Gasteiger partial charge is 0.508 e. The number of hydrogen-bond acceptors (Lipinski definition) is 3. The van der Waals surface area contributed by atoms with Gasteiger partial charge in [-0.1, -0.05) is 18.9 Å². The van der Waals surface area contributed by atoms with Gasteiger partial charge in [0.05, 0.1) is 0 Å². The maximum absolute atomic E-state index is 12.4. The van der Waals surface area contributed by atoms with Crippen LogP contribution in [0, 0.1) is 0 Å². The molecule has 0 saturated carbocycles. The van der Waals surface area contributed by atoms with E-state index in [1.165, 1.54) is 0 Å². The third-order valence-corrected chi connectivity index (χ3v) is 5.75. The highest BCUT2D eigenvalue weighted by molar-refractivity contribution is 6.30. The number of rotatable bonds is 10. The fourth-order valence-corrected chi connectivity index (χ4v) is 3.68. The van der Waals surface area contributed by atoms with E-state index in [4.69, 9.17) is 0 Å². The van der Waals surface area contributed by atoms with Gasteiger partial charge in [-0.15, -0.1) is 0 Å². The van der Waals surface area contributed by atoms with Gasteiger partial charge in [0, 0.05) is 48.4 Å². The van der Waals surface area contributed by atoms with Crippen LogP contribution >= 0.6 is 0 Å². The van der Waals surface area contributed by atoms with E-state index in [0.717, 1.165) is 55.2 Å². The van der Waals surface area contributed by atoms with Crippen LogP contribution in [-0.2, 0) is 11.3 Å². The summed E-state index contributed by atoms with van der Waals surface area (Å²) >= 11 is 0. The molecule has 0 aliphatic heterocycles. The average Bonchev–Trinajstić information content (AvgIpc) is 3.14. The molecular formula is C22H29B2N3O2. The van der Waals surface area contributed by atoms with E-state index in [0.29, 0.717) is 5.75 Å². The number of hydrogen-bond donors (Lipinski definition) is 2. The Bertz CT molecular complexity index is 930. The summed E-state index contributed by atoms with van der Waals surface area (Å²) in [5.74, 6) is 0.507. The average molecular weight is 389 g/mol. The van der Waals surface area contributed by atoms with Crippen molar-refractivity contribution in [1.29, 1.82) is 0 Å². The molecule has 2 aromatic heterocycles. The number of phenols is 1. The third kappa shape index (κ3) is 5.66. The van der Waals surface area contributed by atoms with Crippen molar-refractivity contribution in [3.8, 4) is 5.75 Å². The molecule has 0 bridgehead atoms. The lowest BCUT2D eigenvalue weighted by molar-refractivity contribution is -0.121. The highest BCUT2D eigenvalue weighted by Gasteiger charge is 2.21. The number of fused-ring (bicyclic) bond motifs is 1. The number of nitrogens with zero attached hydrogens (tertiary/aromatic N) is 2. The minimum atomic E-state index is -0.0688. The van der Waals surface area contributed by atoms with Gasteiger partial charge in [0.1, 0.15) is 21.4 Å². The molecule has 7 heteroatoms. The Hall–Kier alpha value is -2.69. The Morgan fingerprint density at radius 2 is 1.97 bits per heavy atom. The predicted molar refractivity (Wildman–Crippen MR) is 123 cm³/mol. The van der Waals surface area contributed by atoms with Crippen molar-refractivity contribution in [2.24, 2.45) is 0 Å². The lowest BCUT2D eigenvalue weighted by Crippen LogP contribution is -2.31. The van der Waals surface area contributed by atoms with E-state index < -0.39 is 0 Å². The summed E-state index contributed by atoms with van der Waals surface area (Å²) in [5.41, 5.74) is 2.26. The maximum Gasteiger partial charge on any atom is 0.214 e. The van der Waals surface area contributed by atoms with E-state index in [1.807, 2.05) is 38.3 Å². The van der Waals surface area contributed by atoms with Gasteiger partial charge in [-0.2, -0.15) is 0 Å². The van der Waals surface area contributed by atoms with Gasteiger partial charge in [0.25, 0.3) is 0 Å². The first-order chi connectivity index (χ1) is 14.1. The first-order valence-electron chi connectivity index (χ1n) is 10.5. The van der Waals surface area contributed by atoms with Crippen LogP contribution < -0.4 is 5.32 Å². The number of pyridine rings is 1. The molecule has 1 amide bonds. The molecule has 0 fully saturated rings. The van der Waals surface area contributed by atoms with E-state index in [1.54, 1.807) is 18.3 Å². The predicted octanol–water partition coefficient (Wildman–Crippen LogP) is 2.21. The number of unbranched alkanes of at least 4 members (excludes halogenated alkanes) is 3. The van der Waals surface area contributed by atoms with Crippen molar-refractivity contribution in [3.63, 3.8) is 0 Å². The fourth-order valence-electron chi connectivity index (χ4n) is 3.68. The Morgan fingerprint density at radius 1 is 1.14 bits per heavy atom. The molecule has 3 rings (SSSR count). The minimum absolute atomic E-state index is 0.0688. The monoisotopic (exact) mass is 389 g/mol. The number of aryl methyl sites for hydroxylation is 1. The van der Waals surface area contributed by atoms with Crippen molar-refractivity contribution in [2.75, 3.05) is 6.54 Å². The molecule has 2 N–H and O–H groups in total. The molecule has 0 radical (unpaired) electrons. The molecule has 0 aliphatic carbocycles. The van der Waals surface area contributed by atoms with Crippen LogP contribution in [0.5, 0.6) is 5.75 Å². The van der Waals surface area contributed by atoms with Gasteiger partial charge in [0.2, 0.25) is 5.91 Å². The fraction of sp³-hybridized carbons (Fsp3) is 0.364. The number of carbonyl (C=O) groups excluding carboxylic acids is 1. The zero-order valence-corrected chi connectivity index (χ0v) is 17.3. The second-order valence-corrected chi connectivity index (χ2v) is 7.82. The summed E-state index contributed by atoms with van der Waals surface area (Å²) in [6.45, 7) is 1.70. The van der Waals surface area contributed by atoms with Crippen LogP contribution in [0.15, 0.2) is 55.0 Å². The molecule has 2 heterocycles. The normalized spacial score (nSPS) is 13.2. The van der Waals surface area contributed by atoms with Crippen molar-refractivity contribution in [1.82, 2.24) is 14.9 Å². The van der Waals surface area contributed by atoms with Crippen LogP contribution in [0.4, 0.5) is 0 Å². The SMILES string of the molecule is B[C@@H](C(=O)NCCCCCCn1ccc2cc(O)ccc21)[C@@H](B)c1cccnc1. The van der Waals surface area contributed by atoms with Gasteiger partial charge < -0.3 is 15.0 Å². The number of nitrogens with one attached hydrogen (secondary N) is 1. The summed E-state index contributed by atoms with van der Waals surface area (Å²) in [5, 5.41) is 13.7. The first-order valence-corrected chi connectivity index (χ1v) is 10.5. The van der Waals surface area contributed by atoms with Crippen LogP contribution in [0.2, 0.25) is 5.82 Å². The number of aromatic hydroxyl groups is 1. The smallest absolute Gasteiger partial charge is 0.214 e. The quantitative estimate of drug-likeness (QED) is 0.413. The molecule has 0 spiro atoms. The Morgan fingerprint density at radius 3 is 2.76 bits per heavy atom. The standard InChI is InChI=1S/C22H29B2N3O2/c23-20(17-6-5-10-25-15-17)21(24)22(29)26-11-3-1-2-4-12-27-13-9-16-14-18(28)7-8-19(16)27/h5-10,13-15,20-21,28H,1-4,11-12,23-24H2,(H,26,29)/t20-,21+/m0/s1. The molecule has 0 saturated heterocycles. The summed E-state index contributed by atoms with van der Waals surface area (Å²) in [4.78, 5) is 16.5. The molecule has 0 unspecified atom stereocenters. The van der Waals surface area contributed by atoms with Gasteiger partial charge in [-0.3, -0.25) is 9.78 Å². The third-order valence-electron chi connectivity index (χ3n) is 5.75. The van der Waals surface area contributed by atoms with E-state index in [-0.39, 0.29) is 17.5 Å². The van der Waals surface area contributed by atoms with Crippen molar-refractivity contribution >= 4 is 32.5 Å². The van der Waals surface area contributed by atoms with Crippen molar-refractivity contribution < 1.29 is 9.90 Å². The molecule has 150 valence electrons. The van der Waals surface area contributed by atoms with Gasteiger partial charge in [0.15, 0.2) is 0 Å². The highest BCUT2D eigenvalue weighted by Crippen LogP contribution is 2.23. The Balaban J connectivity index is 1.32. The molecular weight excluding hydrogens is 360 g/mol. The van der Waals surface area contributed by atoms with Crippen molar-refractivity contribution in [2.45, 2.75) is 43.9 Å².